The van der Waals surface area contributed by atoms with Crippen LogP contribution in [0.4, 0.5) is 26.3 Å². The van der Waals surface area contributed by atoms with Gasteiger partial charge in [-0.2, -0.15) is 26.3 Å². The minimum absolute atomic E-state index is 0.563. The van der Waals surface area contributed by atoms with Gasteiger partial charge in [-0.3, -0.25) is 0 Å². The van der Waals surface area contributed by atoms with Crippen molar-refractivity contribution in [1.82, 2.24) is 0 Å². The first kappa shape index (κ1) is 18.8. The zero-order valence-corrected chi connectivity index (χ0v) is 11.5. The topological polar surface area (TPSA) is 52.6 Å². The van der Waals surface area contributed by atoms with Crippen molar-refractivity contribution < 1.29 is 45.4 Å². The Labute approximate surface area is 126 Å². The number of ether oxygens (including phenoxy) is 2. The van der Waals surface area contributed by atoms with Gasteiger partial charge in [0.1, 0.15) is 5.75 Å². The summed E-state index contributed by atoms with van der Waals surface area (Å²) in [5, 5.41) is 0. The van der Waals surface area contributed by atoms with E-state index in [-0.39, 0.29) is 0 Å². The molecular weight excluding hydrogens is 334 g/mol. The van der Waals surface area contributed by atoms with E-state index in [9.17, 15) is 35.9 Å². The first-order valence-electron chi connectivity index (χ1n) is 6.06. The van der Waals surface area contributed by atoms with Crippen LogP contribution < -0.4 is 4.74 Å². The molecule has 0 unspecified atom stereocenters. The van der Waals surface area contributed by atoms with E-state index in [4.69, 9.17) is 0 Å². The van der Waals surface area contributed by atoms with Gasteiger partial charge in [0.15, 0.2) is 0 Å². The van der Waals surface area contributed by atoms with Crippen LogP contribution in [-0.4, -0.2) is 36.3 Å². The lowest BCUT2D eigenvalue weighted by molar-refractivity contribution is -0.298. The quantitative estimate of drug-likeness (QED) is 0.452. The highest BCUT2D eigenvalue weighted by atomic mass is 19.3. The molecule has 0 spiro atoms. The van der Waals surface area contributed by atoms with E-state index < -0.39 is 42.1 Å². The number of hydrogen-bond donors (Lipinski definition) is 0. The number of carbonyl (C=O) groups is 2. The zero-order valence-electron chi connectivity index (χ0n) is 11.5. The molecule has 23 heavy (non-hydrogen) atoms. The van der Waals surface area contributed by atoms with Gasteiger partial charge < -0.3 is 9.47 Å². The Balaban J connectivity index is 3.08. The van der Waals surface area contributed by atoms with Gasteiger partial charge in [-0.15, -0.1) is 0 Å². The van der Waals surface area contributed by atoms with Crippen LogP contribution in [0.3, 0.4) is 0 Å². The Kier molecular flexibility index (Phi) is 5.28. The molecule has 4 nitrogen and oxygen atoms in total. The Bertz CT molecular complexity index is 573. The maximum atomic E-state index is 13.5. The fourth-order valence-corrected chi connectivity index (χ4v) is 1.33. The first-order valence-corrected chi connectivity index (χ1v) is 6.06. The second-order valence-corrected chi connectivity index (χ2v) is 4.15. The van der Waals surface area contributed by atoms with E-state index in [1.165, 1.54) is 18.2 Å². The minimum Gasteiger partial charge on any atom is -0.461 e. The highest BCUT2D eigenvalue weighted by Crippen LogP contribution is 2.47. The lowest BCUT2D eigenvalue weighted by Gasteiger charge is -2.29. The van der Waals surface area contributed by atoms with E-state index in [2.05, 4.69) is 9.47 Å². The third-order valence-corrected chi connectivity index (χ3v) is 2.53. The number of carbonyl (C=O) groups excluding carboxylic acids is 2. The van der Waals surface area contributed by atoms with Crippen LogP contribution in [0.25, 0.3) is 0 Å². The molecule has 0 atom stereocenters. The van der Waals surface area contributed by atoms with E-state index in [1.807, 2.05) is 0 Å². The SMILES string of the molecule is CCOC(=O)C(F)(F)C(F)(F)C(F)(F)C(=O)Oc1ccccc1. The fraction of sp³-hybridized carbons (Fsp3) is 0.385. The Morgan fingerprint density at radius 1 is 0.913 bits per heavy atom. The predicted molar refractivity (Wildman–Crippen MR) is 63.6 cm³/mol. The summed E-state index contributed by atoms with van der Waals surface area (Å²) in [6, 6.07) is 5.79. The average molecular weight is 344 g/mol. The van der Waals surface area contributed by atoms with Crippen LogP contribution in [0, 0.1) is 0 Å². The number of alkyl halides is 6. The highest BCUT2D eigenvalue weighted by Gasteiger charge is 2.79. The lowest BCUT2D eigenvalue weighted by atomic mass is 10.0. The van der Waals surface area contributed by atoms with Gasteiger partial charge in [-0.05, 0) is 19.1 Å². The predicted octanol–water partition coefficient (Wildman–Crippen LogP) is 3.06. The normalized spacial score (nSPS) is 12.7. The van der Waals surface area contributed by atoms with E-state index >= 15 is 0 Å². The lowest BCUT2D eigenvalue weighted by Crippen LogP contribution is -2.62. The average Bonchev–Trinajstić information content (AvgIpc) is 2.47. The summed E-state index contributed by atoms with van der Waals surface area (Å²) in [6.07, 6.45) is 0. The van der Waals surface area contributed by atoms with Gasteiger partial charge in [0.2, 0.25) is 0 Å². The second-order valence-electron chi connectivity index (χ2n) is 4.15. The number of esters is 2. The monoisotopic (exact) mass is 344 g/mol. The van der Waals surface area contributed by atoms with Gasteiger partial charge in [0, 0.05) is 0 Å². The number of rotatable bonds is 6. The molecular formula is C13H10F6O4. The molecule has 1 aromatic rings. The smallest absolute Gasteiger partial charge is 0.411 e. The van der Waals surface area contributed by atoms with Crippen molar-refractivity contribution in [2.75, 3.05) is 6.61 Å². The second kappa shape index (κ2) is 6.47. The summed E-state index contributed by atoms with van der Waals surface area (Å²) in [7, 11) is 0. The van der Waals surface area contributed by atoms with E-state index in [0.29, 0.717) is 0 Å². The number of para-hydroxylation sites is 1. The summed E-state index contributed by atoms with van der Waals surface area (Å²) in [5.41, 5.74) is 0. The third kappa shape index (κ3) is 3.40. The van der Waals surface area contributed by atoms with E-state index in [1.54, 1.807) is 0 Å². The molecule has 10 heteroatoms. The van der Waals surface area contributed by atoms with Gasteiger partial charge in [0.25, 0.3) is 0 Å². The Hall–Kier alpha value is -2.26. The van der Waals surface area contributed by atoms with Crippen molar-refractivity contribution in [3.8, 4) is 5.75 Å². The van der Waals surface area contributed by atoms with Gasteiger partial charge >= 0.3 is 29.7 Å². The number of halogens is 6. The zero-order chi connectivity index (χ0) is 17.9. The summed E-state index contributed by atoms with van der Waals surface area (Å²) in [5.74, 6) is -24.6. The molecule has 0 saturated carbocycles. The Morgan fingerprint density at radius 3 is 1.87 bits per heavy atom. The minimum atomic E-state index is -6.35. The summed E-state index contributed by atoms with van der Waals surface area (Å²) >= 11 is 0. The maximum absolute atomic E-state index is 13.5. The van der Waals surface area contributed by atoms with Crippen molar-refractivity contribution in [3.05, 3.63) is 30.3 Å². The summed E-state index contributed by atoms with van der Waals surface area (Å²) in [4.78, 5) is 22.0. The van der Waals surface area contributed by atoms with Gasteiger partial charge in [-0.25, -0.2) is 9.59 Å². The van der Waals surface area contributed by atoms with Gasteiger partial charge in [0.05, 0.1) is 6.61 Å². The van der Waals surface area contributed by atoms with Crippen LogP contribution in [0.2, 0.25) is 0 Å². The van der Waals surface area contributed by atoms with Crippen LogP contribution >= 0.6 is 0 Å². The standard InChI is InChI=1S/C13H10F6O4/c1-2-22-9(20)11(14,15)13(18,19)12(16,17)10(21)23-8-6-4-3-5-7-8/h3-7H,2H2,1H3. The van der Waals surface area contributed by atoms with Crippen molar-refractivity contribution in [3.63, 3.8) is 0 Å². The van der Waals surface area contributed by atoms with Crippen molar-refractivity contribution in [2.24, 2.45) is 0 Å². The molecule has 0 aliphatic carbocycles. The molecule has 0 fully saturated rings. The van der Waals surface area contributed by atoms with Crippen LogP contribution in [0.5, 0.6) is 5.75 Å². The molecule has 0 radical (unpaired) electrons. The molecule has 0 saturated heterocycles. The largest absolute Gasteiger partial charge is 0.461 e. The van der Waals surface area contributed by atoms with Crippen LogP contribution in [0.1, 0.15) is 6.92 Å². The number of benzene rings is 1. The molecule has 0 amide bonds. The maximum Gasteiger partial charge on any atom is 0.411 e. The van der Waals surface area contributed by atoms with Gasteiger partial charge in [-0.1, -0.05) is 18.2 Å². The number of hydrogen-bond acceptors (Lipinski definition) is 4. The van der Waals surface area contributed by atoms with Crippen LogP contribution in [-0.2, 0) is 14.3 Å². The molecule has 1 rings (SSSR count). The molecule has 0 aliphatic heterocycles. The molecule has 0 aliphatic rings. The van der Waals surface area contributed by atoms with Crippen molar-refractivity contribution in [1.29, 1.82) is 0 Å². The molecule has 0 bridgehead atoms. The Morgan fingerprint density at radius 2 is 1.39 bits per heavy atom. The molecule has 1 aromatic carbocycles. The van der Waals surface area contributed by atoms with Crippen LogP contribution in [0.15, 0.2) is 30.3 Å². The van der Waals surface area contributed by atoms with E-state index in [0.717, 1.165) is 19.1 Å². The first-order chi connectivity index (χ1) is 10.5. The third-order valence-electron chi connectivity index (χ3n) is 2.53. The molecule has 128 valence electrons. The van der Waals surface area contributed by atoms with Crippen molar-refractivity contribution in [2.45, 2.75) is 24.7 Å². The summed E-state index contributed by atoms with van der Waals surface area (Å²) < 4.78 is 87.8. The molecule has 0 N–H and O–H groups in total. The highest BCUT2D eigenvalue weighted by molar-refractivity contribution is 5.85. The molecule has 0 aromatic heterocycles. The van der Waals surface area contributed by atoms with Crippen molar-refractivity contribution >= 4 is 11.9 Å². The summed E-state index contributed by atoms with van der Waals surface area (Å²) in [6.45, 7) is 0.262. The molecule has 0 heterocycles. The fourth-order valence-electron chi connectivity index (χ4n) is 1.33.